The Morgan fingerprint density at radius 2 is 2.14 bits per heavy atom. The monoisotopic (exact) mass is 210 g/mol. The molecular formula is C11H15ClN2. The molecule has 0 aromatic heterocycles. The van der Waals surface area contributed by atoms with Crippen LogP contribution in [0.25, 0.3) is 0 Å². The maximum atomic E-state index is 6.15. The van der Waals surface area contributed by atoms with Crippen LogP contribution in [-0.2, 0) is 0 Å². The molecular weight excluding hydrogens is 196 g/mol. The number of halogens is 1. The van der Waals surface area contributed by atoms with Gasteiger partial charge in [0.25, 0.3) is 0 Å². The van der Waals surface area contributed by atoms with Crippen molar-refractivity contribution in [2.75, 3.05) is 23.8 Å². The molecule has 0 aliphatic carbocycles. The molecule has 0 spiro atoms. The van der Waals surface area contributed by atoms with Gasteiger partial charge in [-0.25, -0.2) is 0 Å². The highest BCUT2D eigenvalue weighted by Crippen LogP contribution is 2.38. The fourth-order valence-corrected chi connectivity index (χ4v) is 2.40. The molecule has 1 aromatic carbocycles. The minimum atomic E-state index is 0.104. The van der Waals surface area contributed by atoms with Gasteiger partial charge in [-0.15, -0.1) is 0 Å². The van der Waals surface area contributed by atoms with E-state index in [-0.39, 0.29) is 5.54 Å². The lowest BCUT2D eigenvalue weighted by molar-refractivity contribution is 0.550. The molecule has 1 aliphatic rings. The van der Waals surface area contributed by atoms with Gasteiger partial charge in [-0.05, 0) is 26.0 Å². The molecule has 1 N–H and O–H groups in total. The minimum absolute atomic E-state index is 0.104. The zero-order valence-electron chi connectivity index (χ0n) is 8.76. The zero-order valence-corrected chi connectivity index (χ0v) is 9.52. The summed E-state index contributed by atoms with van der Waals surface area (Å²) in [7, 11) is 2.08. The van der Waals surface area contributed by atoms with Crippen molar-refractivity contribution in [2.45, 2.75) is 19.4 Å². The van der Waals surface area contributed by atoms with Gasteiger partial charge in [-0.1, -0.05) is 17.7 Å². The van der Waals surface area contributed by atoms with Crippen molar-refractivity contribution in [3.05, 3.63) is 23.2 Å². The number of anilines is 2. The summed E-state index contributed by atoms with van der Waals surface area (Å²) >= 11 is 6.15. The number of fused-ring (bicyclic) bond motifs is 1. The fraction of sp³-hybridized carbons (Fsp3) is 0.455. The Balaban J connectivity index is 2.50. The summed E-state index contributed by atoms with van der Waals surface area (Å²) < 4.78 is 0. The van der Waals surface area contributed by atoms with Crippen molar-refractivity contribution in [3.8, 4) is 0 Å². The van der Waals surface area contributed by atoms with E-state index in [1.165, 1.54) is 0 Å². The molecule has 0 fully saturated rings. The second-order valence-corrected chi connectivity index (χ2v) is 4.91. The van der Waals surface area contributed by atoms with E-state index >= 15 is 0 Å². The lowest BCUT2D eigenvalue weighted by atomic mass is 10.00. The van der Waals surface area contributed by atoms with Gasteiger partial charge in [0.15, 0.2) is 0 Å². The predicted octanol–water partition coefficient (Wildman–Crippen LogP) is 2.98. The third-order valence-electron chi connectivity index (χ3n) is 2.47. The topological polar surface area (TPSA) is 15.3 Å². The van der Waals surface area contributed by atoms with Crippen LogP contribution in [0.1, 0.15) is 13.8 Å². The molecule has 2 rings (SSSR count). The molecule has 0 radical (unpaired) electrons. The van der Waals surface area contributed by atoms with Crippen LogP contribution in [-0.4, -0.2) is 19.1 Å². The van der Waals surface area contributed by atoms with E-state index < -0.39 is 0 Å². The van der Waals surface area contributed by atoms with Crippen LogP contribution >= 0.6 is 11.6 Å². The van der Waals surface area contributed by atoms with Crippen LogP contribution in [0, 0.1) is 0 Å². The fourth-order valence-electron chi connectivity index (χ4n) is 2.08. The Kier molecular flexibility index (Phi) is 2.11. The normalized spacial score (nSPS) is 18.7. The van der Waals surface area contributed by atoms with E-state index in [0.29, 0.717) is 0 Å². The quantitative estimate of drug-likeness (QED) is 0.708. The summed E-state index contributed by atoms with van der Waals surface area (Å²) in [6.07, 6.45) is 0. The SMILES string of the molecule is CN1CC(C)(C)Nc2cccc(Cl)c21. The molecule has 1 aliphatic heterocycles. The highest BCUT2D eigenvalue weighted by molar-refractivity contribution is 6.34. The maximum absolute atomic E-state index is 6.15. The Bertz CT molecular complexity index is 360. The van der Waals surface area contributed by atoms with E-state index in [0.717, 1.165) is 22.9 Å². The molecule has 0 atom stereocenters. The van der Waals surface area contributed by atoms with E-state index in [9.17, 15) is 0 Å². The highest BCUT2D eigenvalue weighted by Gasteiger charge is 2.28. The van der Waals surface area contributed by atoms with Crippen molar-refractivity contribution < 1.29 is 0 Å². The average Bonchev–Trinajstić information content (AvgIpc) is 2.00. The molecule has 0 saturated carbocycles. The van der Waals surface area contributed by atoms with Gasteiger partial charge in [0.2, 0.25) is 0 Å². The van der Waals surface area contributed by atoms with Crippen LogP contribution < -0.4 is 10.2 Å². The third-order valence-corrected chi connectivity index (χ3v) is 2.78. The maximum Gasteiger partial charge on any atom is 0.0789 e. The van der Waals surface area contributed by atoms with E-state index in [2.05, 4.69) is 37.2 Å². The molecule has 0 bridgehead atoms. The first-order valence-electron chi connectivity index (χ1n) is 4.77. The van der Waals surface area contributed by atoms with Crippen molar-refractivity contribution >= 4 is 23.0 Å². The standard InChI is InChI=1S/C11H15ClN2/c1-11(2)7-14(3)10-8(12)5-4-6-9(10)13-11/h4-6,13H,7H2,1-3H3. The summed E-state index contributed by atoms with van der Waals surface area (Å²) in [5, 5.41) is 4.29. The second kappa shape index (κ2) is 3.06. The minimum Gasteiger partial charge on any atom is -0.377 e. The van der Waals surface area contributed by atoms with Crippen LogP contribution in [0.5, 0.6) is 0 Å². The number of hydrogen-bond donors (Lipinski definition) is 1. The lowest BCUT2D eigenvalue weighted by Gasteiger charge is -2.40. The van der Waals surface area contributed by atoms with E-state index in [4.69, 9.17) is 11.6 Å². The van der Waals surface area contributed by atoms with Gasteiger partial charge in [0, 0.05) is 19.1 Å². The summed E-state index contributed by atoms with van der Waals surface area (Å²) in [5.74, 6) is 0. The summed E-state index contributed by atoms with van der Waals surface area (Å²) in [4.78, 5) is 2.20. The number of rotatable bonds is 0. The Labute approximate surface area is 89.9 Å². The Morgan fingerprint density at radius 3 is 2.86 bits per heavy atom. The van der Waals surface area contributed by atoms with Crippen molar-refractivity contribution in [2.24, 2.45) is 0 Å². The first-order chi connectivity index (χ1) is 6.49. The van der Waals surface area contributed by atoms with E-state index in [1.54, 1.807) is 0 Å². The summed E-state index contributed by atoms with van der Waals surface area (Å²) in [5.41, 5.74) is 2.33. The van der Waals surface area contributed by atoms with Crippen LogP contribution in [0.15, 0.2) is 18.2 Å². The van der Waals surface area contributed by atoms with Crippen LogP contribution in [0.2, 0.25) is 5.02 Å². The van der Waals surface area contributed by atoms with Gasteiger partial charge in [-0.2, -0.15) is 0 Å². The molecule has 14 heavy (non-hydrogen) atoms. The van der Waals surface area contributed by atoms with Gasteiger partial charge in [-0.3, -0.25) is 0 Å². The average molecular weight is 211 g/mol. The number of hydrogen-bond acceptors (Lipinski definition) is 2. The highest BCUT2D eigenvalue weighted by atomic mass is 35.5. The first kappa shape index (κ1) is 9.66. The van der Waals surface area contributed by atoms with Crippen molar-refractivity contribution in [3.63, 3.8) is 0 Å². The number of para-hydroxylation sites is 1. The lowest BCUT2D eigenvalue weighted by Crippen LogP contribution is -2.47. The smallest absolute Gasteiger partial charge is 0.0789 e. The van der Waals surface area contributed by atoms with Crippen molar-refractivity contribution in [1.82, 2.24) is 0 Å². The predicted molar refractivity (Wildman–Crippen MR) is 62.4 cm³/mol. The largest absolute Gasteiger partial charge is 0.377 e. The van der Waals surface area contributed by atoms with Gasteiger partial charge < -0.3 is 10.2 Å². The van der Waals surface area contributed by atoms with Gasteiger partial charge >= 0.3 is 0 Å². The number of likely N-dealkylation sites (N-methyl/N-ethyl adjacent to an activating group) is 1. The van der Waals surface area contributed by atoms with Crippen molar-refractivity contribution in [1.29, 1.82) is 0 Å². The molecule has 76 valence electrons. The molecule has 1 heterocycles. The van der Waals surface area contributed by atoms with Crippen LogP contribution in [0.3, 0.4) is 0 Å². The number of benzene rings is 1. The van der Waals surface area contributed by atoms with Crippen LogP contribution in [0.4, 0.5) is 11.4 Å². The summed E-state index contributed by atoms with van der Waals surface area (Å²) in [6, 6.07) is 5.97. The molecule has 1 aromatic rings. The summed E-state index contributed by atoms with van der Waals surface area (Å²) in [6.45, 7) is 5.34. The Morgan fingerprint density at radius 1 is 1.43 bits per heavy atom. The first-order valence-corrected chi connectivity index (χ1v) is 5.15. The number of nitrogens with one attached hydrogen (secondary N) is 1. The molecule has 2 nitrogen and oxygen atoms in total. The van der Waals surface area contributed by atoms with E-state index in [1.807, 2.05) is 12.1 Å². The molecule has 0 amide bonds. The van der Waals surface area contributed by atoms with Gasteiger partial charge in [0.1, 0.15) is 0 Å². The number of nitrogens with zero attached hydrogens (tertiary/aromatic N) is 1. The van der Waals surface area contributed by atoms with Gasteiger partial charge in [0.05, 0.1) is 16.4 Å². The molecule has 3 heteroatoms. The zero-order chi connectivity index (χ0) is 10.3. The molecule has 0 saturated heterocycles. The second-order valence-electron chi connectivity index (χ2n) is 4.50. The Hall–Kier alpha value is -0.890. The third kappa shape index (κ3) is 1.55. The molecule has 0 unspecified atom stereocenters.